The lowest BCUT2D eigenvalue weighted by molar-refractivity contribution is 0.487. The van der Waals surface area contributed by atoms with Crippen LogP contribution in [0.3, 0.4) is 0 Å². The Morgan fingerprint density at radius 2 is 1.91 bits per heavy atom. The Kier molecular flexibility index (Phi) is 4.21. The summed E-state index contributed by atoms with van der Waals surface area (Å²) in [6.45, 7) is 4.21. The normalized spacial score (nSPS) is 17.6. The number of aromatic nitrogens is 2. The van der Waals surface area contributed by atoms with Crippen LogP contribution in [0.4, 0.5) is 4.39 Å². The summed E-state index contributed by atoms with van der Waals surface area (Å²) in [7, 11) is 2.00. The summed E-state index contributed by atoms with van der Waals surface area (Å²) < 4.78 is 13.2. The van der Waals surface area contributed by atoms with Gasteiger partial charge in [-0.3, -0.25) is 0 Å². The van der Waals surface area contributed by atoms with Gasteiger partial charge in [-0.05, 0) is 50.6 Å². The first-order valence-electron chi connectivity index (χ1n) is 7.91. The lowest BCUT2D eigenvalue weighted by Gasteiger charge is -2.26. The maximum Gasteiger partial charge on any atom is 0.131 e. The van der Waals surface area contributed by atoms with Crippen molar-refractivity contribution in [3.05, 3.63) is 47.2 Å². The Morgan fingerprint density at radius 3 is 2.55 bits per heavy atom. The van der Waals surface area contributed by atoms with Crippen molar-refractivity contribution in [1.29, 1.82) is 0 Å². The largest absolute Gasteiger partial charge is 0.317 e. The second-order valence-corrected chi connectivity index (χ2v) is 6.25. The molecule has 0 radical (unpaired) electrons. The minimum atomic E-state index is -0.219. The highest BCUT2D eigenvalue weighted by atomic mass is 19.1. The minimum absolute atomic E-state index is 0.219. The average molecular weight is 299 g/mol. The van der Waals surface area contributed by atoms with Crippen molar-refractivity contribution in [2.75, 3.05) is 7.05 Å². The molecule has 1 atom stereocenters. The Balaban J connectivity index is 2.13. The fourth-order valence-electron chi connectivity index (χ4n) is 2.98. The van der Waals surface area contributed by atoms with Crippen LogP contribution in [0.2, 0.25) is 0 Å². The smallest absolute Gasteiger partial charge is 0.131 e. The predicted octanol–water partition coefficient (Wildman–Crippen LogP) is 3.48. The van der Waals surface area contributed by atoms with Gasteiger partial charge in [0.2, 0.25) is 0 Å². The number of nitrogens with zero attached hydrogens (tertiary/aromatic N) is 2. The first kappa shape index (κ1) is 15.1. The van der Waals surface area contributed by atoms with Gasteiger partial charge in [0.25, 0.3) is 0 Å². The number of fused-ring (bicyclic) bond motifs is 1. The van der Waals surface area contributed by atoms with Crippen molar-refractivity contribution in [2.45, 2.75) is 45.1 Å². The zero-order chi connectivity index (χ0) is 15.7. The molecule has 116 valence electrons. The van der Waals surface area contributed by atoms with E-state index in [-0.39, 0.29) is 11.7 Å². The van der Waals surface area contributed by atoms with Gasteiger partial charge in [0, 0.05) is 28.8 Å². The van der Waals surface area contributed by atoms with Crippen LogP contribution in [0.1, 0.15) is 43.3 Å². The van der Waals surface area contributed by atoms with E-state index in [1.165, 1.54) is 17.7 Å². The van der Waals surface area contributed by atoms with E-state index in [4.69, 9.17) is 9.97 Å². The van der Waals surface area contributed by atoms with Crippen LogP contribution in [0, 0.1) is 5.82 Å². The summed E-state index contributed by atoms with van der Waals surface area (Å²) in [5, 5.41) is 3.35. The zero-order valence-corrected chi connectivity index (χ0v) is 13.4. The van der Waals surface area contributed by atoms with Crippen molar-refractivity contribution < 1.29 is 4.39 Å². The number of hydrogen-bond acceptors (Lipinski definition) is 3. The van der Waals surface area contributed by atoms with Gasteiger partial charge in [0.05, 0.1) is 5.69 Å². The second-order valence-electron chi connectivity index (χ2n) is 6.25. The van der Waals surface area contributed by atoms with Crippen molar-refractivity contribution in [3.8, 4) is 11.3 Å². The van der Waals surface area contributed by atoms with Crippen molar-refractivity contribution in [3.63, 3.8) is 0 Å². The van der Waals surface area contributed by atoms with Gasteiger partial charge in [-0.15, -0.1) is 0 Å². The van der Waals surface area contributed by atoms with Gasteiger partial charge in [0.1, 0.15) is 11.6 Å². The van der Waals surface area contributed by atoms with E-state index in [0.717, 1.165) is 42.0 Å². The second kappa shape index (κ2) is 6.13. The van der Waals surface area contributed by atoms with E-state index < -0.39 is 0 Å². The molecule has 0 bridgehead atoms. The number of nitrogens with one attached hydrogen (secondary N) is 1. The molecule has 3 rings (SSSR count). The van der Waals surface area contributed by atoms with Crippen LogP contribution in [0.5, 0.6) is 0 Å². The summed E-state index contributed by atoms with van der Waals surface area (Å²) in [5.74, 6) is 0.941. The third kappa shape index (κ3) is 2.88. The Labute approximate surface area is 131 Å². The SMILES string of the molecule is CNC1CCc2nc(C(C)C)nc(-c3ccc(F)cc3)c2C1. The van der Waals surface area contributed by atoms with Crippen molar-refractivity contribution in [2.24, 2.45) is 0 Å². The molecule has 1 aromatic carbocycles. The molecule has 1 unspecified atom stereocenters. The quantitative estimate of drug-likeness (QED) is 0.943. The number of likely N-dealkylation sites (N-methyl/N-ethyl adjacent to an activating group) is 1. The molecule has 1 aromatic heterocycles. The number of aryl methyl sites for hydroxylation is 1. The first-order valence-corrected chi connectivity index (χ1v) is 7.91. The lowest BCUT2D eigenvalue weighted by atomic mass is 9.88. The molecule has 0 fully saturated rings. The molecule has 2 aromatic rings. The van der Waals surface area contributed by atoms with Gasteiger partial charge in [-0.25, -0.2) is 14.4 Å². The molecule has 1 aliphatic rings. The van der Waals surface area contributed by atoms with E-state index in [0.29, 0.717) is 6.04 Å². The van der Waals surface area contributed by atoms with Crippen LogP contribution in [-0.2, 0) is 12.8 Å². The average Bonchev–Trinajstić information content (AvgIpc) is 2.54. The van der Waals surface area contributed by atoms with Crippen LogP contribution >= 0.6 is 0 Å². The first-order chi connectivity index (χ1) is 10.6. The number of hydrogen-bond donors (Lipinski definition) is 1. The van der Waals surface area contributed by atoms with Gasteiger partial charge in [-0.1, -0.05) is 13.8 Å². The topological polar surface area (TPSA) is 37.8 Å². The number of rotatable bonds is 3. The molecule has 3 nitrogen and oxygen atoms in total. The van der Waals surface area contributed by atoms with Crippen LogP contribution in [0.15, 0.2) is 24.3 Å². The van der Waals surface area contributed by atoms with Gasteiger partial charge >= 0.3 is 0 Å². The molecule has 1 N–H and O–H groups in total. The maximum atomic E-state index is 13.2. The molecule has 0 aliphatic heterocycles. The van der Waals surface area contributed by atoms with Gasteiger partial charge < -0.3 is 5.32 Å². The molecule has 0 spiro atoms. The van der Waals surface area contributed by atoms with Gasteiger partial charge in [0.15, 0.2) is 0 Å². The third-order valence-corrected chi connectivity index (χ3v) is 4.33. The van der Waals surface area contributed by atoms with E-state index in [1.54, 1.807) is 0 Å². The van der Waals surface area contributed by atoms with Crippen LogP contribution < -0.4 is 5.32 Å². The number of benzene rings is 1. The Morgan fingerprint density at radius 1 is 1.18 bits per heavy atom. The van der Waals surface area contributed by atoms with E-state index in [1.807, 2.05) is 19.2 Å². The fourth-order valence-corrected chi connectivity index (χ4v) is 2.98. The molecule has 0 saturated heterocycles. The highest BCUT2D eigenvalue weighted by molar-refractivity contribution is 5.64. The van der Waals surface area contributed by atoms with Crippen LogP contribution in [0.25, 0.3) is 11.3 Å². The van der Waals surface area contributed by atoms with Crippen molar-refractivity contribution >= 4 is 0 Å². The predicted molar refractivity (Wildman–Crippen MR) is 86.4 cm³/mol. The summed E-state index contributed by atoms with van der Waals surface area (Å²) >= 11 is 0. The molecule has 4 heteroatoms. The molecular weight excluding hydrogens is 277 g/mol. The summed E-state index contributed by atoms with van der Waals surface area (Å²) in [4.78, 5) is 9.57. The summed E-state index contributed by atoms with van der Waals surface area (Å²) in [5.41, 5.74) is 4.30. The molecule has 0 amide bonds. The van der Waals surface area contributed by atoms with Crippen molar-refractivity contribution in [1.82, 2.24) is 15.3 Å². The third-order valence-electron chi connectivity index (χ3n) is 4.33. The summed E-state index contributed by atoms with van der Waals surface area (Å²) in [6, 6.07) is 7.07. The molecule has 22 heavy (non-hydrogen) atoms. The zero-order valence-electron chi connectivity index (χ0n) is 13.4. The maximum absolute atomic E-state index is 13.2. The molecular formula is C18H22FN3. The highest BCUT2D eigenvalue weighted by Crippen LogP contribution is 2.30. The van der Waals surface area contributed by atoms with E-state index in [2.05, 4.69) is 19.2 Å². The Hall–Kier alpha value is -1.81. The van der Waals surface area contributed by atoms with E-state index in [9.17, 15) is 4.39 Å². The van der Waals surface area contributed by atoms with Crippen LogP contribution in [-0.4, -0.2) is 23.1 Å². The number of halogens is 1. The standard InChI is InChI=1S/C18H22FN3/c1-11(2)18-21-16-9-8-14(20-3)10-15(16)17(22-18)12-4-6-13(19)7-5-12/h4-7,11,14,20H,8-10H2,1-3H3. The van der Waals surface area contributed by atoms with E-state index >= 15 is 0 Å². The minimum Gasteiger partial charge on any atom is -0.317 e. The Bertz CT molecular complexity index is 665. The molecule has 1 aliphatic carbocycles. The summed E-state index contributed by atoms with van der Waals surface area (Å²) in [6.07, 6.45) is 3.00. The molecule has 1 heterocycles. The fraction of sp³-hybridized carbons (Fsp3) is 0.444. The monoisotopic (exact) mass is 299 g/mol. The highest BCUT2D eigenvalue weighted by Gasteiger charge is 2.24. The van der Waals surface area contributed by atoms with Gasteiger partial charge in [-0.2, -0.15) is 0 Å². The molecule has 0 saturated carbocycles. The lowest BCUT2D eigenvalue weighted by Crippen LogP contribution is -2.32.